The van der Waals surface area contributed by atoms with Crippen molar-refractivity contribution in [3.05, 3.63) is 20.7 Å². The summed E-state index contributed by atoms with van der Waals surface area (Å²) in [5.41, 5.74) is 5.49. The van der Waals surface area contributed by atoms with Gasteiger partial charge >= 0.3 is 10.8 Å². The van der Waals surface area contributed by atoms with Crippen molar-refractivity contribution in [3.8, 4) is 0 Å². The summed E-state index contributed by atoms with van der Waals surface area (Å²) in [5, 5.41) is 12.6. The number of amides is 2. The molecule has 0 bridgehead atoms. The van der Waals surface area contributed by atoms with E-state index in [-0.39, 0.29) is 11.4 Å². The number of carboxylic acid groups (broad SMARTS) is 1. The van der Waals surface area contributed by atoms with Crippen LogP contribution in [0.2, 0.25) is 0 Å². The summed E-state index contributed by atoms with van der Waals surface area (Å²) >= 11 is 0.946. The highest BCUT2D eigenvalue weighted by Crippen LogP contribution is 1.99. The van der Waals surface area contributed by atoms with Gasteiger partial charge in [0.1, 0.15) is 12.6 Å². The van der Waals surface area contributed by atoms with Gasteiger partial charge < -0.3 is 16.2 Å². The number of carbonyl (C=O) groups excluding carboxylic acids is 2. The fourth-order valence-electron chi connectivity index (χ4n) is 1.38. The van der Waals surface area contributed by atoms with E-state index < -0.39 is 30.2 Å². The number of nitrogens with two attached hydrogens (primary N) is 1. The van der Waals surface area contributed by atoms with Crippen molar-refractivity contribution in [1.29, 1.82) is 0 Å². The highest BCUT2D eigenvalue weighted by Gasteiger charge is 2.22. The number of carboxylic acids is 1. The van der Waals surface area contributed by atoms with Crippen molar-refractivity contribution in [3.63, 3.8) is 0 Å². The summed E-state index contributed by atoms with van der Waals surface area (Å²) in [5.74, 6) is -2.87. The van der Waals surface area contributed by atoms with Gasteiger partial charge in [-0.25, -0.2) is 4.79 Å². The van der Waals surface area contributed by atoms with Crippen LogP contribution in [0.1, 0.15) is 12.1 Å². The van der Waals surface area contributed by atoms with E-state index in [4.69, 9.17) is 10.8 Å². The molecule has 1 aromatic heterocycles. The second-order valence-electron chi connectivity index (χ2n) is 3.86. The quantitative estimate of drug-likeness (QED) is 0.596. The second-order valence-corrected chi connectivity index (χ2v) is 4.68. The molecule has 0 aliphatic heterocycles. The number of aliphatic carboxylic acids is 1. The van der Waals surface area contributed by atoms with Crippen molar-refractivity contribution in [2.24, 2.45) is 5.73 Å². The van der Waals surface area contributed by atoms with Crippen LogP contribution >= 0.6 is 11.3 Å². The molecule has 0 aliphatic carbocycles. The van der Waals surface area contributed by atoms with Crippen LogP contribution in [0.3, 0.4) is 0 Å². The Balaban J connectivity index is 2.71. The first-order valence-electron chi connectivity index (χ1n) is 5.26. The molecule has 0 saturated heterocycles. The Hall–Kier alpha value is -2.16. The number of carbonyl (C=O) groups is 3. The van der Waals surface area contributed by atoms with Crippen LogP contribution in [0.25, 0.3) is 0 Å². The van der Waals surface area contributed by atoms with Crippen LogP contribution < -0.4 is 15.9 Å². The normalized spacial score (nSPS) is 11.8. The fraction of sp³-hybridized carbons (Fsp3) is 0.400. The van der Waals surface area contributed by atoms with Crippen molar-refractivity contribution in [2.75, 3.05) is 0 Å². The smallest absolute Gasteiger partial charge is 0.326 e. The zero-order valence-electron chi connectivity index (χ0n) is 10.1. The molecule has 0 fully saturated rings. The average molecular weight is 287 g/mol. The average Bonchev–Trinajstić information content (AvgIpc) is 2.59. The van der Waals surface area contributed by atoms with E-state index >= 15 is 0 Å². The summed E-state index contributed by atoms with van der Waals surface area (Å²) in [6.07, 6.45) is -0.501. The number of primary amides is 1. The van der Waals surface area contributed by atoms with E-state index in [0.29, 0.717) is 5.69 Å². The van der Waals surface area contributed by atoms with Crippen molar-refractivity contribution >= 4 is 29.1 Å². The molecule has 1 rings (SSSR count). The summed E-state index contributed by atoms with van der Waals surface area (Å²) < 4.78 is 1.21. The van der Waals surface area contributed by atoms with Crippen molar-refractivity contribution in [2.45, 2.75) is 25.9 Å². The van der Waals surface area contributed by atoms with E-state index in [2.05, 4.69) is 5.32 Å². The predicted octanol–water partition coefficient (Wildman–Crippen LogP) is -1.34. The molecule has 0 aliphatic rings. The minimum atomic E-state index is -1.39. The monoisotopic (exact) mass is 287 g/mol. The molecule has 2 amide bonds. The number of nitrogens with one attached hydrogen (secondary N) is 1. The largest absolute Gasteiger partial charge is 0.480 e. The topological polar surface area (TPSA) is 131 Å². The van der Waals surface area contributed by atoms with Crippen LogP contribution in [0, 0.1) is 6.92 Å². The van der Waals surface area contributed by atoms with Gasteiger partial charge in [-0.15, -0.1) is 0 Å². The Kier molecular flexibility index (Phi) is 4.81. The Bertz CT molecular complexity index is 562. The van der Waals surface area contributed by atoms with Gasteiger partial charge in [-0.2, -0.15) is 0 Å². The zero-order chi connectivity index (χ0) is 14.6. The van der Waals surface area contributed by atoms with Gasteiger partial charge in [-0.1, -0.05) is 11.3 Å². The van der Waals surface area contributed by atoms with E-state index in [1.165, 1.54) is 4.57 Å². The van der Waals surface area contributed by atoms with Crippen LogP contribution in [0.4, 0.5) is 0 Å². The Morgan fingerprint density at radius 1 is 1.53 bits per heavy atom. The summed E-state index contributed by atoms with van der Waals surface area (Å²) in [7, 11) is 0. The molecular weight excluding hydrogens is 274 g/mol. The Labute approximate surface area is 111 Å². The van der Waals surface area contributed by atoms with E-state index in [0.717, 1.165) is 11.3 Å². The Morgan fingerprint density at radius 2 is 2.16 bits per heavy atom. The summed E-state index contributed by atoms with van der Waals surface area (Å²) in [6.45, 7) is 1.36. The maximum atomic E-state index is 11.6. The molecule has 19 heavy (non-hydrogen) atoms. The molecule has 0 spiro atoms. The molecule has 9 heteroatoms. The highest BCUT2D eigenvalue weighted by atomic mass is 32.1. The van der Waals surface area contributed by atoms with E-state index in [9.17, 15) is 19.2 Å². The molecule has 104 valence electrons. The standard InChI is InChI=1S/C10H13N3O5S/c1-5-4-19-10(18)13(5)3-8(15)12-6(9(16)17)2-7(11)14/h4,6H,2-3H2,1H3,(H2,11,14)(H,12,15)(H,16,17)/t6-/m0/s1. The molecule has 0 radical (unpaired) electrons. The summed E-state index contributed by atoms with van der Waals surface area (Å²) in [6, 6.07) is -1.39. The number of hydrogen-bond acceptors (Lipinski definition) is 5. The molecule has 8 nitrogen and oxygen atoms in total. The molecule has 1 aromatic rings. The maximum Gasteiger partial charge on any atom is 0.326 e. The van der Waals surface area contributed by atoms with Crippen LogP contribution in [-0.4, -0.2) is 33.5 Å². The first-order chi connectivity index (χ1) is 8.81. The number of hydrogen-bond donors (Lipinski definition) is 3. The van der Waals surface area contributed by atoms with Gasteiger partial charge in [0.25, 0.3) is 0 Å². The predicted molar refractivity (Wildman–Crippen MR) is 66.7 cm³/mol. The first kappa shape index (κ1) is 14.9. The minimum Gasteiger partial charge on any atom is -0.480 e. The third-order valence-electron chi connectivity index (χ3n) is 2.32. The Morgan fingerprint density at radius 3 is 2.58 bits per heavy atom. The van der Waals surface area contributed by atoms with Gasteiger partial charge in [0.05, 0.1) is 6.42 Å². The lowest BCUT2D eigenvalue weighted by atomic mass is 10.2. The second kappa shape index (κ2) is 6.14. The highest BCUT2D eigenvalue weighted by molar-refractivity contribution is 7.07. The van der Waals surface area contributed by atoms with E-state index in [1.807, 2.05) is 0 Å². The maximum absolute atomic E-state index is 11.6. The van der Waals surface area contributed by atoms with Crippen LogP contribution in [0.5, 0.6) is 0 Å². The molecule has 4 N–H and O–H groups in total. The number of thiazole rings is 1. The molecule has 0 unspecified atom stereocenters. The van der Waals surface area contributed by atoms with Crippen molar-refractivity contribution in [1.82, 2.24) is 9.88 Å². The SMILES string of the molecule is Cc1csc(=O)n1CC(=O)N[C@@H](CC(N)=O)C(=O)O. The zero-order valence-corrected chi connectivity index (χ0v) is 10.9. The first-order valence-corrected chi connectivity index (χ1v) is 6.14. The summed E-state index contributed by atoms with van der Waals surface area (Å²) in [4.78, 5) is 44.2. The van der Waals surface area contributed by atoms with Gasteiger partial charge in [0.15, 0.2) is 0 Å². The van der Waals surface area contributed by atoms with E-state index in [1.54, 1.807) is 12.3 Å². The molecule has 0 saturated carbocycles. The van der Waals surface area contributed by atoms with Gasteiger partial charge in [0.2, 0.25) is 11.8 Å². The third kappa shape index (κ3) is 4.21. The van der Waals surface area contributed by atoms with Gasteiger partial charge in [-0.3, -0.25) is 19.0 Å². The number of aryl methyl sites for hydroxylation is 1. The molecule has 0 aromatic carbocycles. The molecule has 1 atom stereocenters. The number of aromatic nitrogens is 1. The van der Waals surface area contributed by atoms with Crippen LogP contribution in [-0.2, 0) is 20.9 Å². The fourth-order valence-corrected chi connectivity index (χ4v) is 2.12. The molecular formula is C10H13N3O5S. The molecule has 1 heterocycles. The van der Waals surface area contributed by atoms with Gasteiger partial charge in [0, 0.05) is 11.1 Å². The lowest BCUT2D eigenvalue weighted by Gasteiger charge is -2.13. The number of rotatable bonds is 6. The number of nitrogens with zero attached hydrogens (tertiary/aromatic N) is 1. The lowest BCUT2D eigenvalue weighted by Crippen LogP contribution is -2.45. The van der Waals surface area contributed by atoms with Gasteiger partial charge in [-0.05, 0) is 6.92 Å². The van der Waals surface area contributed by atoms with Crippen LogP contribution in [0.15, 0.2) is 10.2 Å². The van der Waals surface area contributed by atoms with Crippen molar-refractivity contribution < 1.29 is 19.5 Å². The lowest BCUT2D eigenvalue weighted by molar-refractivity contribution is -0.143. The minimum absolute atomic E-state index is 0.295. The third-order valence-corrected chi connectivity index (χ3v) is 3.20.